The largest absolute Gasteiger partial charge is 0.396 e. The molecule has 0 bridgehead atoms. The van der Waals surface area contributed by atoms with E-state index in [0.717, 1.165) is 30.4 Å². The highest BCUT2D eigenvalue weighted by molar-refractivity contribution is 5.63. The van der Waals surface area contributed by atoms with Crippen LogP contribution in [0.3, 0.4) is 0 Å². The molecule has 0 saturated heterocycles. The fourth-order valence-corrected chi connectivity index (χ4v) is 1.77. The second-order valence-electron chi connectivity index (χ2n) is 3.18. The Balaban J connectivity index is 2.67. The highest BCUT2D eigenvalue weighted by atomic mass is 19.1. The fourth-order valence-electron chi connectivity index (χ4n) is 1.77. The maximum Gasteiger partial charge on any atom is 0.169 e. The van der Waals surface area contributed by atoms with Crippen LogP contribution in [0, 0.1) is 5.82 Å². The molecule has 2 nitrogen and oxygen atoms in total. The van der Waals surface area contributed by atoms with E-state index >= 15 is 0 Å². The van der Waals surface area contributed by atoms with Gasteiger partial charge in [-0.1, -0.05) is 0 Å². The van der Waals surface area contributed by atoms with Crippen molar-refractivity contribution < 1.29 is 4.39 Å². The predicted octanol–water partition coefficient (Wildman–Crippen LogP) is 1.48. The van der Waals surface area contributed by atoms with E-state index in [2.05, 4.69) is 0 Å². The Morgan fingerprint density at radius 2 is 2.00 bits per heavy atom. The molecule has 0 amide bonds. The van der Waals surface area contributed by atoms with Gasteiger partial charge in [0.25, 0.3) is 0 Å². The number of nitrogen functional groups attached to an aromatic ring is 2. The van der Waals surface area contributed by atoms with Gasteiger partial charge < -0.3 is 11.5 Å². The summed E-state index contributed by atoms with van der Waals surface area (Å²) >= 11 is 0. The molecule has 1 aliphatic rings. The molecule has 1 aromatic rings. The summed E-state index contributed by atoms with van der Waals surface area (Å²) in [7, 11) is 0. The predicted molar refractivity (Wildman–Crippen MR) is 47.2 cm³/mol. The minimum absolute atomic E-state index is 0.174. The van der Waals surface area contributed by atoms with Crippen molar-refractivity contribution in [2.24, 2.45) is 0 Å². The summed E-state index contributed by atoms with van der Waals surface area (Å²) in [6.45, 7) is 0. The van der Waals surface area contributed by atoms with Gasteiger partial charge in [-0.25, -0.2) is 4.39 Å². The number of rotatable bonds is 0. The molecule has 0 spiro atoms. The molecular weight excluding hydrogens is 155 g/mol. The molecule has 0 atom stereocenters. The van der Waals surface area contributed by atoms with Crippen LogP contribution in [0.4, 0.5) is 15.8 Å². The Morgan fingerprint density at radius 1 is 1.25 bits per heavy atom. The van der Waals surface area contributed by atoms with Crippen molar-refractivity contribution in [3.05, 3.63) is 23.0 Å². The summed E-state index contributed by atoms with van der Waals surface area (Å²) in [6.07, 6.45) is 2.92. The maximum absolute atomic E-state index is 13.1. The van der Waals surface area contributed by atoms with Crippen LogP contribution in [0.15, 0.2) is 6.07 Å². The molecule has 2 rings (SSSR count). The van der Waals surface area contributed by atoms with Gasteiger partial charge in [0.15, 0.2) is 5.82 Å². The zero-order chi connectivity index (χ0) is 8.72. The number of aryl methyl sites for hydroxylation is 1. The average Bonchev–Trinajstić information content (AvgIpc) is 2.48. The maximum atomic E-state index is 13.1. The van der Waals surface area contributed by atoms with Crippen molar-refractivity contribution in [1.29, 1.82) is 0 Å². The summed E-state index contributed by atoms with van der Waals surface area (Å²) in [4.78, 5) is 0. The van der Waals surface area contributed by atoms with Crippen molar-refractivity contribution in [1.82, 2.24) is 0 Å². The average molecular weight is 166 g/mol. The van der Waals surface area contributed by atoms with E-state index in [1.165, 1.54) is 0 Å². The van der Waals surface area contributed by atoms with Gasteiger partial charge in [-0.3, -0.25) is 0 Å². The van der Waals surface area contributed by atoms with E-state index in [1.54, 1.807) is 6.07 Å². The molecule has 64 valence electrons. The highest BCUT2D eigenvalue weighted by Gasteiger charge is 2.18. The second-order valence-corrected chi connectivity index (χ2v) is 3.18. The first-order valence-corrected chi connectivity index (χ1v) is 4.05. The highest BCUT2D eigenvalue weighted by Crippen LogP contribution is 2.32. The number of benzene rings is 1. The third-order valence-corrected chi connectivity index (χ3v) is 2.41. The van der Waals surface area contributed by atoms with Gasteiger partial charge in [0.05, 0.1) is 11.4 Å². The van der Waals surface area contributed by atoms with E-state index in [1.807, 2.05) is 0 Å². The number of hydrogen-bond donors (Lipinski definition) is 2. The van der Waals surface area contributed by atoms with Crippen LogP contribution >= 0.6 is 0 Å². The zero-order valence-electron chi connectivity index (χ0n) is 6.73. The van der Waals surface area contributed by atoms with Gasteiger partial charge in [0.1, 0.15) is 0 Å². The van der Waals surface area contributed by atoms with Crippen molar-refractivity contribution in [2.45, 2.75) is 19.3 Å². The van der Waals surface area contributed by atoms with E-state index in [4.69, 9.17) is 11.5 Å². The van der Waals surface area contributed by atoms with Crippen LogP contribution in [-0.4, -0.2) is 0 Å². The summed E-state index contributed by atoms with van der Waals surface area (Å²) in [5.41, 5.74) is 13.5. The third kappa shape index (κ3) is 0.858. The normalized spacial score (nSPS) is 14.8. The number of hydrogen-bond acceptors (Lipinski definition) is 2. The van der Waals surface area contributed by atoms with Gasteiger partial charge >= 0.3 is 0 Å². The van der Waals surface area contributed by atoms with Crippen LogP contribution in [0.25, 0.3) is 0 Å². The molecule has 0 unspecified atom stereocenters. The number of nitrogens with two attached hydrogens (primary N) is 2. The minimum atomic E-state index is -0.448. The Hall–Kier alpha value is -1.25. The molecular formula is C9H11FN2. The van der Waals surface area contributed by atoms with Gasteiger partial charge in [-0.05, 0) is 36.5 Å². The van der Waals surface area contributed by atoms with Crippen molar-refractivity contribution in [3.8, 4) is 0 Å². The Morgan fingerprint density at radius 3 is 2.75 bits per heavy atom. The molecule has 3 heteroatoms. The van der Waals surface area contributed by atoms with E-state index in [9.17, 15) is 4.39 Å². The van der Waals surface area contributed by atoms with Crippen molar-refractivity contribution in [3.63, 3.8) is 0 Å². The number of anilines is 2. The van der Waals surface area contributed by atoms with E-state index in [0.29, 0.717) is 0 Å². The first-order chi connectivity index (χ1) is 5.70. The first-order valence-electron chi connectivity index (χ1n) is 4.05. The SMILES string of the molecule is Nc1cc2c(c(N)c1F)CCC2. The van der Waals surface area contributed by atoms with Gasteiger partial charge in [-0.2, -0.15) is 0 Å². The first kappa shape index (κ1) is 7.40. The summed E-state index contributed by atoms with van der Waals surface area (Å²) in [6, 6.07) is 1.70. The van der Waals surface area contributed by atoms with Crippen LogP contribution < -0.4 is 11.5 Å². The lowest BCUT2D eigenvalue weighted by Gasteiger charge is -2.06. The molecule has 0 aliphatic heterocycles. The summed E-state index contributed by atoms with van der Waals surface area (Å²) < 4.78 is 13.1. The van der Waals surface area contributed by atoms with E-state index in [-0.39, 0.29) is 11.4 Å². The van der Waals surface area contributed by atoms with Crippen LogP contribution in [0.1, 0.15) is 17.5 Å². The standard InChI is InChI=1S/C9H11FN2/c10-8-7(11)4-5-2-1-3-6(5)9(8)12/h4H,1-3,11-12H2. The molecule has 0 fully saturated rings. The lowest BCUT2D eigenvalue weighted by atomic mass is 10.1. The monoisotopic (exact) mass is 166 g/mol. The third-order valence-electron chi connectivity index (χ3n) is 2.41. The summed E-state index contributed by atoms with van der Waals surface area (Å²) in [5.74, 6) is -0.448. The van der Waals surface area contributed by atoms with Crippen LogP contribution in [0.5, 0.6) is 0 Å². The quantitative estimate of drug-likeness (QED) is 0.573. The number of fused-ring (bicyclic) bond motifs is 1. The molecule has 12 heavy (non-hydrogen) atoms. The van der Waals surface area contributed by atoms with Crippen LogP contribution in [-0.2, 0) is 12.8 Å². The number of halogens is 1. The molecule has 0 aromatic heterocycles. The lowest BCUT2D eigenvalue weighted by Crippen LogP contribution is -2.02. The molecule has 0 saturated carbocycles. The Labute approximate surface area is 70.4 Å². The minimum Gasteiger partial charge on any atom is -0.396 e. The molecule has 1 aromatic carbocycles. The molecule has 4 N–H and O–H groups in total. The van der Waals surface area contributed by atoms with Gasteiger partial charge in [0, 0.05) is 0 Å². The fraction of sp³-hybridized carbons (Fsp3) is 0.333. The summed E-state index contributed by atoms with van der Waals surface area (Å²) in [5, 5.41) is 0. The van der Waals surface area contributed by atoms with Crippen molar-refractivity contribution >= 4 is 11.4 Å². The van der Waals surface area contributed by atoms with Crippen LogP contribution in [0.2, 0.25) is 0 Å². The van der Waals surface area contributed by atoms with Gasteiger partial charge in [-0.15, -0.1) is 0 Å². The molecule has 0 heterocycles. The smallest absolute Gasteiger partial charge is 0.169 e. The van der Waals surface area contributed by atoms with Gasteiger partial charge in [0.2, 0.25) is 0 Å². The topological polar surface area (TPSA) is 52.0 Å². The Bertz CT molecular complexity index is 334. The zero-order valence-corrected chi connectivity index (χ0v) is 6.73. The molecule has 0 radical (unpaired) electrons. The van der Waals surface area contributed by atoms with E-state index < -0.39 is 5.82 Å². The lowest BCUT2D eigenvalue weighted by molar-refractivity contribution is 0.635. The second kappa shape index (κ2) is 2.37. The van der Waals surface area contributed by atoms with Crippen molar-refractivity contribution in [2.75, 3.05) is 11.5 Å². The molecule has 1 aliphatic carbocycles. The Kier molecular flexibility index (Phi) is 1.46.